The lowest BCUT2D eigenvalue weighted by Crippen LogP contribution is -2.49. The maximum Gasteiger partial charge on any atom is 0.192 e. The lowest BCUT2D eigenvalue weighted by molar-refractivity contribution is 0.205. The van der Waals surface area contributed by atoms with Crippen molar-refractivity contribution in [3.05, 3.63) is 34.6 Å². The monoisotopic (exact) mass is 298 g/mol. The molecule has 1 aliphatic rings. The Kier molecular flexibility index (Phi) is 4.20. The largest absolute Gasteiger partial charge is 0.370 e. The van der Waals surface area contributed by atoms with Crippen LogP contribution >= 0.6 is 11.6 Å². The molecule has 0 spiro atoms. The average Bonchev–Trinajstić information content (AvgIpc) is 2.63. The van der Waals surface area contributed by atoms with Gasteiger partial charge in [-0.2, -0.15) is 0 Å². The molecule has 1 aromatic carbocycles. The highest BCUT2D eigenvalue weighted by molar-refractivity contribution is 6.31. The summed E-state index contributed by atoms with van der Waals surface area (Å²) in [5.74, 6) is 0.170. The fourth-order valence-corrected chi connectivity index (χ4v) is 2.85. The van der Waals surface area contributed by atoms with Crippen LogP contribution < -0.4 is 5.73 Å². The smallest absolute Gasteiger partial charge is 0.192 e. The molecule has 0 saturated heterocycles. The van der Waals surface area contributed by atoms with E-state index in [0.717, 1.165) is 18.7 Å². The second-order valence-corrected chi connectivity index (χ2v) is 5.93. The third kappa shape index (κ3) is 2.74. The van der Waals surface area contributed by atoms with Gasteiger partial charge in [0, 0.05) is 18.1 Å². The summed E-state index contributed by atoms with van der Waals surface area (Å²) in [7, 11) is 4.01. The molecule has 6 heteroatoms. The van der Waals surface area contributed by atoms with Gasteiger partial charge in [0.1, 0.15) is 5.82 Å². The minimum Gasteiger partial charge on any atom is -0.370 e. The van der Waals surface area contributed by atoms with Crippen LogP contribution in [0.2, 0.25) is 5.02 Å². The van der Waals surface area contributed by atoms with Crippen molar-refractivity contribution in [3.63, 3.8) is 0 Å². The number of nitrogens with zero attached hydrogens (tertiary/aromatic N) is 3. The van der Waals surface area contributed by atoms with Crippen LogP contribution in [0, 0.1) is 5.82 Å². The number of guanidine groups is 1. The Bertz CT molecular complexity index is 532. The molecule has 20 heavy (non-hydrogen) atoms. The molecule has 0 radical (unpaired) electrons. The Morgan fingerprint density at radius 2 is 2.20 bits per heavy atom. The van der Waals surface area contributed by atoms with Gasteiger partial charge in [-0.05, 0) is 38.7 Å². The van der Waals surface area contributed by atoms with Crippen molar-refractivity contribution in [2.75, 3.05) is 33.7 Å². The van der Waals surface area contributed by atoms with Crippen LogP contribution in [-0.2, 0) is 5.54 Å². The minimum absolute atomic E-state index is 0.339. The lowest BCUT2D eigenvalue weighted by Gasteiger charge is -2.37. The SMILES string of the molecule is CN(C)CCN1C(N)=NCC1(C)c1ccc(F)cc1Cl. The van der Waals surface area contributed by atoms with Gasteiger partial charge < -0.3 is 15.5 Å². The molecule has 0 bridgehead atoms. The van der Waals surface area contributed by atoms with Gasteiger partial charge in [0.15, 0.2) is 5.96 Å². The fourth-order valence-electron chi connectivity index (χ4n) is 2.48. The van der Waals surface area contributed by atoms with Crippen molar-refractivity contribution in [1.82, 2.24) is 9.80 Å². The first-order valence-electron chi connectivity index (χ1n) is 6.52. The number of likely N-dealkylation sites (N-methyl/N-ethyl adjacent to an activating group) is 1. The minimum atomic E-state index is -0.426. The summed E-state index contributed by atoms with van der Waals surface area (Å²) in [5, 5.41) is 0.409. The Morgan fingerprint density at radius 3 is 2.80 bits per heavy atom. The average molecular weight is 299 g/mol. The van der Waals surface area contributed by atoms with Crippen molar-refractivity contribution < 1.29 is 4.39 Å². The van der Waals surface area contributed by atoms with Crippen LogP contribution in [-0.4, -0.2) is 49.5 Å². The van der Waals surface area contributed by atoms with Crippen molar-refractivity contribution >= 4 is 17.6 Å². The first-order valence-corrected chi connectivity index (χ1v) is 6.90. The van der Waals surface area contributed by atoms with E-state index in [-0.39, 0.29) is 5.82 Å². The van der Waals surface area contributed by atoms with Gasteiger partial charge in [-0.1, -0.05) is 17.7 Å². The van der Waals surface area contributed by atoms with E-state index in [0.29, 0.717) is 17.5 Å². The molecule has 1 unspecified atom stereocenters. The summed E-state index contributed by atoms with van der Waals surface area (Å²) < 4.78 is 13.2. The molecule has 1 heterocycles. The Labute approximate surface area is 124 Å². The van der Waals surface area contributed by atoms with Crippen LogP contribution in [0.25, 0.3) is 0 Å². The van der Waals surface area contributed by atoms with Crippen LogP contribution in [0.4, 0.5) is 4.39 Å². The van der Waals surface area contributed by atoms with Gasteiger partial charge in [-0.25, -0.2) is 4.39 Å². The highest BCUT2D eigenvalue weighted by atomic mass is 35.5. The van der Waals surface area contributed by atoms with Gasteiger partial charge >= 0.3 is 0 Å². The Hall–Kier alpha value is -1.33. The molecule has 1 aliphatic heterocycles. The van der Waals surface area contributed by atoms with Crippen LogP contribution in [0.5, 0.6) is 0 Å². The second-order valence-electron chi connectivity index (χ2n) is 5.53. The van der Waals surface area contributed by atoms with Crippen molar-refractivity contribution in [3.8, 4) is 0 Å². The summed E-state index contributed by atoms with van der Waals surface area (Å²) >= 11 is 6.21. The molecule has 0 saturated carbocycles. The van der Waals surface area contributed by atoms with E-state index in [1.54, 1.807) is 6.07 Å². The van der Waals surface area contributed by atoms with Gasteiger partial charge in [-0.3, -0.25) is 4.99 Å². The summed E-state index contributed by atoms with van der Waals surface area (Å²) in [6.07, 6.45) is 0. The van der Waals surface area contributed by atoms with Gasteiger partial charge in [0.2, 0.25) is 0 Å². The maximum atomic E-state index is 13.2. The summed E-state index contributed by atoms with van der Waals surface area (Å²) in [5.41, 5.74) is 6.42. The molecule has 1 aromatic rings. The standard InChI is InChI=1S/C14H20ClFN4/c1-14(11-5-4-10(16)8-12(11)15)9-18-13(17)20(14)7-6-19(2)3/h4-5,8H,6-7,9H2,1-3H3,(H2,17,18). The predicted molar refractivity (Wildman–Crippen MR) is 80.5 cm³/mol. The van der Waals surface area contributed by atoms with E-state index >= 15 is 0 Å². The molecule has 1 atom stereocenters. The van der Waals surface area contributed by atoms with E-state index in [2.05, 4.69) is 9.89 Å². The normalized spacial score (nSPS) is 22.5. The molecule has 2 rings (SSSR count). The first kappa shape index (κ1) is 15.1. The molecule has 0 aliphatic carbocycles. The van der Waals surface area contributed by atoms with Crippen molar-refractivity contribution in [2.24, 2.45) is 10.7 Å². The van der Waals surface area contributed by atoms with Gasteiger partial charge in [-0.15, -0.1) is 0 Å². The van der Waals surface area contributed by atoms with E-state index in [1.165, 1.54) is 12.1 Å². The zero-order valence-corrected chi connectivity index (χ0v) is 12.8. The fraction of sp³-hybridized carbons (Fsp3) is 0.500. The molecule has 110 valence electrons. The van der Waals surface area contributed by atoms with E-state index in [9.17, 15) is 4.39 Å². The van der Waals surface area contributed by atoms with E-state index < -0.39 is 5.54 Å². The van der Waals surface area contributed by atoms with Crippen molar-refractivity contribution in [2.45, 2.75) is 12.5 Å². The molecule has 4 nitrogen and oxygen atoms in total. The third-order valence-corrected chi connectivity index (χ3v) is 4.02. The summed E-state index contributed by atoms with van der Waals surface area (Å²) in [6.45, 7) is 4.15. The third-order valence-electron chi connectivity index (χ3n) is 3.70. The molecule has 2 N–H and O–H groups in total. The van der Waals surface area contributed by atoms with Crippen molar-refractivity contribution in [1.29, 1.82) is 0 Å². The van der Waals surface area contributed by atoms with E-state index in [1.807, 2.05) is 25.9 Å². The highest BCUT2D eigenvalue weighted by Gasteiger charge is 2.40. The number of aliphatic imine (C=N–C) groups is 1. The molecule has 0 amide bonds. The zero-order chi connectivity index (χ0) is 14.9. The number of nitrogens with two attached hydrogens (primary N) is 1. The topological polar surface area (TPSA) is 44.9 Å². The molecule has 0 fully saturated rings. The summed E-state index contributed by atoms with van der Waals surface area (Å²) in [4.78, 5) is 8.45. The number of rotatable bonds is 4. The van der Waals surface area contributed by atoms with Crippen LogP contribution in [0.1, 0.15) is 12.5 Å². The van der Waals surface area contributed by atoms with Gasteiger partial charge in [0.05, 0.1) is 12.1 Å². The maximum absolute atomic E-state index is 13.2. The van der Waals surface area contributed by atoms with Crippen LogP contribution in [0.3, 0.4) is 0 Å². The molecular weight excluding hydrogens is 279 g/mol. The predicted octanol–water partition coefficient (Wildman–Crippen LogP) is 1.89. The highest BCUT2D eigenvalue weighted by Crippen LogP contribution is 2.36. The number of hydrogen-bond donors (Lipinski definition) is 1. The first-order chi connectivity index (χ1) is 9.34. The molecular formula is C14H20ClFN4. The van der Waals surface area contributed by atoms with E-state index in [4.69, 9.17) is 17.3 Å². The van der Waals surface area contributed by atoms with Crippen LogP contribution in [0.15, 0.2) is 23.2 Å². The second kappa shape index (κ2) is 5.58. The summed E-state index contributed by atoms with van der Waals surface area (Å²) in [6, 6.07) is 4.47. The number of hydrogen-bond acceptors (Lipinski definition) is 4. The zero-order valence-electron chi connectivity index (χ0n) is 12.0. The lowest BCUT2D eigenvalue weighted by atomic mass is 9.91. The number of halogens is 2. The number of benzene rings is 1. The van der Waals surface area contributed by atoms with Gasteiger partial charge in [0.25, 0.3) is 0 Å². The quantitative estimate of drug-likeness (QED) is 0.923. The Morgan fingerprint density at radius 1 is 1.50 bits per heavy atom. The molecule has 0 aromatic heterocycles. The Balaban J connectivity index is 2.32.